The Hall–Kier alpha value is -2.09. The molecule has 0 atom stereocenters. The minimum absolute atomic E-state index is 0.110. The highest BCUT2D eigenvalue weighted by molar-refractivity contribution is 5.89. The van der Waals surface area contributed by atoms with Crippen molar-refractivity contribution in [3.05, 3.63) is 23.5 Å². The molecule has 0 unspecified atom stereocenters. The maximum Gasteiger partial charge on any atom is 0.339 e. The number of ether oxygens (including phenoxy) is 1. The largest absolute Gasteiger partial charge is 0.505 e. The Morgan fingerprint density at radius 2 is 2.46 bits per heavy atom. The van der Waals surface area contributed by atoms with E-state index >= 15 is 0 Å². The van der Waals surface area contributed by atoms with Crippen molar-refractivity contribution in [1.82, 2.24) is 4.98 Å². The van der Waals surface area contributed by atoms with Crippen LogP contribution in [0.2, 0.25) is 0 Å². The highest BCUT2D eigenvalue weighted by Gasteiger charge is 2.09. The van der Waals surface area contributed by atoms with Crippen molar-refractivity contribution in [3.8, 4) is 11.8 Å². The quantitative estimate of drug-likeness (QED) is 0.631. The van der Waals surface area contributed by atoms with Gasteiger partial charge in [0.1, 0.15) is 6.07 Å². The number of pyridine rings is 1. The van der Waals surface area contributed by atoms with Gasteiger partial charge < -0.3 is 9.84 Å². The van der Waals surface area contributed by atoms with Gasteiger partial charge in [0, 0.05) is 6.20 Å². The zero-order valence-electron chi connectivity index (χ0n) is 6.81. The Bertz CT molecular complexity index is 381. The molecule has 0 aliphatic carbocycles. The standard InChI is InChI=1S/C8H6N2O3/c1-13-8(12)5-2-7(11)6(3-9)10-4-5/h2,4,11H,1H3. The van der Waals surface area contributed by atoms with E-state index in [0.717, 1.165) is 6.07 Å². The average molecular weight is 178 g/mol. The van der Waals surface area contributed by atoms with Crippen LogP contribution < -0.4 is 0 Å². The van der Waals surface area contributed by atoms with Gasteiger partial charge in [0.25, 0.3) is 0 Å². The number of esters is 1. The fraction of sp³-hybridized carbons (Fsp3) is 0.125. The molecule has 0 aromatic carbocycles. The molecular weight excluding hydrogens is 172 g/mol. The van der Waals surface area contributed by atoms with Crippen LogP contribution in [-0.2, 0) is 4.74 Å². The molecule has 1 aromatic rings. The third kappa shape index (κ3) is 1.73. The van der Waals surface area contributed by atoms with Crippen molar-refractivity contribution < 1.29 is 14.6 Å². The number of aromatic nitrogens is 1. The van der Waals surface area contributed by atoms with Gasteiger partial charge in [-0.3, -0.25) is 0 Å². The number of hydrogen-bond donors (Lipinski definition) is 1. The first-order valence-electron chi connectivity index (χ1n) is 3.36. The molecule has 1 aromatic heterocycles. The van der Waals surface area contributed by atoms with Crippen LogP contribution in [0.25, 0.3) is 0 Å². The second kappa shape index (κ2) is 3.54. The van der Waals surface area contributed by atoms with E-state index < -0.39 is 5.97 Å². The fourth-order valence-corrected chi connectivity index (χ4v) is 0.769. The van der Waals surface area contributed by atoms with Gasteiger partial charge in [-0.1, -0.05) is 0 Å². The number of nitrogens with zero attached hydrogens (tertiary/aromatic N) is 2. The summed E-state index contributed by atoms with van der Waals surface area (Å²) in [6, 6.07) is 2.80. The average Bonchev–Trinajstić information content (AvgIpc) is 2.16. The molecule has 1 rings (SSSR count). The number of aromatic hydroxyl groups is 1. The summed E-state index contributed by atoms with van der Waals surface area (Å²) in [5.41, 5.74) is -0.00773. The van der Waals surface area contributed by atoms with Gasteiger partial charge in [-0.15, -0.1) is 0 Å². The second-order valence-electron chi connectivity index (χ2n) is 2.20. The van der Waals surface area contributed by atoms with Crippen LogP contribution >= 0.6 is 0 Å². The van der Waals surface area contributed by atoms with E-state index in [4.69, 9.17) is 10.4 Å². The first-order chi connectivity index (χ1) is 6.19. The third-order valence-electron chi connectivity index (χ3n) is 1.39. The summed E-state index contributed by atoms with van der Waals surface area (Å²) in [6.07, 6.45) is 1.17. The van der Waals surface area contributed by atoms with Crippen LogP contribution in [0.4, 0.5) is 0 Å². The Kier molecular flexibility index (Phi) is 2.45. The molecule has 0 spiro atoms. The SMILES string of the molecule is COC(=O)c1cnc(C#N)c(O)c1. The topological polar surface area (TPSA) is 83.2 Å². The smallest absolute Gasteiger partial charge is 0.339 e. The molecule has 0 radical (unpaired) electrons. The first-order valence-corrected chi connectivity index (χ1v) is 3.36. The van der Waals surface area contributed by atoms with Crippen molar-refractivity contribution in [2.45, 2.75) is 0 Å². The lowest BCUT2D eigenvalue weighted by Gasteiger charge is -1.99. The van der Waals surface area contributed by atoms with Gasteiger partial charge in [-0.25, -0.2) is 9.78 Å². The van der Waals surface area contributed by atoms with Crippen molar-refractivity contribution in [2.75, 3.05) is 7.11 Å². The van der Waals surface area contributed by atoms with E-state index in [-0.39, 0.29) is 17.0 Å². The van der Waals surface area contributed by atoms with E-state index in [1.165, 1.54) is 13.3 Å². The molecule has 0 aliphatic heterocycles. The molecule has 0 fully saturated rings. The number of methoxy groups -OCH3 is 1. The first kappa shape index (κ1) is 9.00. The molecule has 5 heteroatoms. The Labute approximate surface area is 74.2 Å². The lowest BCUT2D eigenvalue weighted by Crippen LogP contribution is -2.02. The number of rotatable bonds is 1. The molecule has 1 N–H and O–H groups in total. The van der Waals surface area contributed by atoms with E-state index in [0.29, 0.717) is 0 Å². The van der Waals surface area contributed by atoms with E-state index in [1.807, 2.05) is 0 Å². The normalized spacial score (nSPS) is 8.92. The molecule has 1 heterocycles. The molecular formula is C8H6N2O3. The number of carbonyl (C=O) groups excluding carboxylic acids is 1. The lowest BCUT2D eigenvalue weighted by molar-refractivity contribution is 0.0600. The molecule has 0 saturated heterocycles. The molecule has 66 valence electrons. The van der Waals surface area contributed by atoms with Gasteiger partial charge in [-0.2, -0.15) is 5.26 Å². The molecule has 0 bridgehead atoms. The number of nitriles is 1. The Morgan fingerprint density at radius 1 is 1.77 bits per heavy atom. The monoisotopic (exact) mass is 178 g/mol. The van der Waals surface area contributed by atoms with E-state index in [9.17, 15) is 4.79 Å². The van der Waals surface area contributed by atoms with Crippen molar-refractivity contribution >= 4 is 5.97 Å². The maximum atomic E-state index is 10.9. The highest BCUT2D eigenvalue weighted by atomic mass is 16.5. The maximum absolute atomic E-state index is 10.9. The minimum atomic E-state index is -0.604. The van der Waals surface area contributed by atoms with Gasteiger partial charge in [-0.05, 0) is 6.07 Å². The van der Waals surface area contributed by atoms with Gasteiger partial charge in [0.05, 0.1) is 12.7 Å². The van der Waals surface area contributed by atoms with E-state index in [1.54, 1.807) is 6.07 Å². The summed E-state index contributed by atoms with van der Waals surface area (Å²) in [4.78, 5) is 14.5. The predicted molar refractivity (Wildman–Crippen MR) is 42.0 cm³/mol. The van der Waals surface area contributed by atoms with Crippen molar-refractivity contribution in [3.63, 3.8) is 0 Å². The van der Waals surface area contributed by atoms with Gasteiger partial charge in [0.15, 0.2) is 11.4 Å². The van der Waals surface area contributed by atoms with Crippen LogP contribution in [0.3, 0.4) is 0 Å². The molecule has 0 aliphatic rings. The second-order valence-corrected chi connectivity index (χ2v) is 2.20. The number of carbonyl (C=O) groups is 1. The zero-order valence-corrected chi connectivity index (χ0v) is 6.81. The minimum Gasteiger partial charge on any atom is -0.505 e. The highest BCUT2D eigenvalue weighted by Crippen LogP contribution is 2.14. The summed E-state index contributed by atoms with van der Waals surface area (Å²) >= 11 is 0. The molecule has 13 heavy (non-hydrogen) atoms. The predicted octanol–water partition coefficient (Wildman–Crippen LogP) is 0.445. The van der Waals surface area contributed by atoms with Crippen LogP contribution in [0.5, 0.6) is 5.75 Å². The van der Waals surface area contributed by atoms with Gasteiger partial charge >= 0.3 is 5.97 Å². The van der Waals surface area contributed by atoms with Crippen LogP contribution in [-0.4, -0.2) is 23.2 Å². The molecule has 5 nitrogen and oxygen atoms in total. The zero-order chi connectivity index (χ0) is 9.84. The molecule has 0 amide bonds. The lowest BCUT2D eigenvalue weighted by atomic mass is 10.2. The van der Waals surface area contributed by atoms with Crippen LogP contribution in [0.1, 0.15) is 16.1 Å². The summed E-state index contributed by atoms with van der Waals surface area (Å²) in [5.74, 6) is -0.933. The van der Waals surface area contributed by atoms with Crippen molar-refractivity contribution in [1.29, 1.82) is 5.26 Å². The van der Waals surface area contributed by atoms with Gasteiger partial charge in [0.2, 0.25) is 0 Å². The summed E-state index contributed by atoms with van der Waals surface area (Å²) < 4.78 is 4.39. The molecule has 0 saturated carbocycles. The summed E-state index contributed by atoms with van der Waals surface area (Å²) in [7, 11) is 1.22. The number of hydrogen-bond acceptors (Lipinski definition) is 5. The third-order valence-corrected chi connectivity index (χ3v) is 1.39. The van der Waals surface area contributed by atoms with Crippen LogP contribution in [0, 0.1) is 11.3 Å². The Balaban J connectivity index is 3.11. The Morgan fingerprint density at radius 3 is 2.92 bits per heavy atom. The summed E-state index contributed by atoms with van der Waals surface area (Å²) in [5, 5.41) is 17.6. The van der Waals surface area contributed by atoms with E-state index in [2.05, 4.69) is 9.72 Å². The van der Waals surface area contributed by atoms with Crippen LogP contribution in [0.15, 0.2) is 12.3 Å². The summed E-state index contributed by atoms with van der Waals surface area (Å²) in [6.45, 7) is 0. The van der Waals surface area contributed by atoms with Crippen molar-refractivity contribution in [2.24, 2.45) is 0 Å². The fourth-order valence-electron chi connectivity index (χ4n) is 0.769.